The van der Waals surface area contributed by atoms with Gasteiger partial charge in [-0.15, -0.1) is 0 Å². The van der Waals surface area contributed by atoms with Gasteiger partial charge in [-0.3, -0.25) is 0 Å². The standard InChI is InChI=1S/C9H14O2/c1-6-4-8(10)5-7(2)9(6,3)11/h4-6,10-11H,1-3H3. The van der Waals surface area contributed by atoms with Crippen molar-refractivity contribution in [2.24, 2.45) is 5.92 Å². The molecule has 0 fully saturated rings. The monoisotopic (exact) mass is 154 g/mol. The van der Waals surface area contributed by atoms with Gasteiger partial charge < -0.3 is 10.2 Å². The number of aliphatic hydroxyl groups excluding tert-OH is 1. The maximum Gasteiger partial charge on any atom is 0.112 e. The summed E-state index contributed by atoms with van der Waals surface area (Å²) < 4.78 is 0. The lowest BCUT2D eigenvalue weighted by atomic mass is 9.80. The summed E-state index contributed by atoms with van der Waals surface area (Å²) >= 11 is 0. The molecule has 2 N–H and O–H groups in total. The van der Waals surface area contributed by atoms with Crippen molar-refractivity contribution in [3.8, 4) is 0 Å². The van der Waals surface area contributed by atoms with E-state index < -0.39 is 5.60 Å². The van der Waals surface area contributed by atoms with Crippen LogP contribution in [0.25, 0.3) is 0 Å². The Bertz CT molecular complexity index is 224. The number of allylic oxidation sites excluding steroid dienone is 1. The normalized spacial score (nSPS) is 38.0. The predicted molar refractivity (Wildman–Crippen MR) is 44.3 cm³/mol. The molecule has 1 aliphatic rings. The van der Waals surface area contributed by atoms with Gasteiger partial charge in [-0.05, 0) is 31.6 Å². The predicted octanol–water partition coefficient (Wildman–Crippen LogP) is 1.78. The summed E-state index contributed by atoms with van der Waals surface area (Å²) in [4.78, 5) is 0. The highest BCUT2D eigenvalue weighted by molar-refractivity contribution is 5.30. The third-order valence-corrected chi connectivity index (χ3v) is 2.47. The zero-order valence-electron chi connectivity index (χ0n) is 7.13. The lowest BCUT2D eigenvalue weighted by Crippen LogP contribution is -2.35. The van der Waals surface area contributed by atoms with Gasteiger partial charge in [-0.2, -0.15) is 0 Å². The average molecular weight is 154 g/mol. The van der Waals surface area contributed by atoms with Gasteiger partial charge in [0, 0.05) is 5.92 Å². The van der Waals surface area contributed by atoms with E-state index in [1.54, 1.807) is 19.1 Å². The summed E-state index contributed by atoms with van der Waals surface area (Å²) in [7, 11) is 0. The molecule has 0 aliphatic heterocycles. The van der Waals surface area contributed by atoms with Crippen molar-refractivity contribution in [3.63, 3.8) is 0 Å². The molecule has 0 radical (unpaired) electrons. The fourth-order valence-corrected chi connectivity index (χ4v) is 1.19. The van der Waals surface area contributed by atoms with Crippen LogP contribution in [0.15, 0.2) is 23.5 Å². The molecule has 1 rings (SSSR count). The van der Waals surface area contributed by atoms with Crippen LogP contribution in [-0.2, 0) is 0 Å². The summed E-state index contributed by atoms with van der Waals surface area (Å²) in [5.41, 5.74) is 0.0108. The van der Waals surface area contributed by atoms with Crippen molar-refractivity contribution >= 4 is 0 Å². The van der Waals surface area contributed by atoms with Crippen molar-refractivity contribution in [3.05, 3.63) is 23.5 Å². The summed E-state index contributed by atoms with van der Waals surface area (Å²) in [5, 5.41) is 19.0. The Kier molecular flexibility index (Phi) is 1.80. The minimum atomic E-state index is -0.799. The fraction of sp³-hybridized carbons (Fsp3) is 0.556. The van der Waals surface area contributed by atoms with Gasteiger partial charge in [0.1, 0.15) is 5.76 Å². The molecule has 0 aromatic rings. The molecule has 0 saturated carbocycles. The van der Waals surface area contributed by atoms with Crippen LogP contribution in [0.1, 0.15) is 20.8 Å². The van der Waals surface area contributed by atoms with Gasteiger partial charge in [0.05, 0.1) is 5.60 Å². The Balaban J connectivity index is 3.01. The van der Waals surface area contributed by atoms with Gasteiger partial charge in [-0.25, -0.2) is 0 Å². The molecule has 11 heavy (non-hydrogen) atoms. The first kappa shape index (κ1) is 8.34. The maximum absolute atomic E-state index is 9.81. The highest BCUT2D eigenvalue weighted by Gasteiger charge is 2.31. The zero-order chi connectivity index (χ0) is 8.65. The maximum atomic E-state index is 9.81. The van der Waals surface area contributed by atoms with Crippen molar-refractivity contribution < 1.29 is 10.2 Å². The number of hydrogen-bond donors (Lipinski definition) is 2. The summed E-state index contributed by atoms with van der Waals surface area (Å²) in [6.45, 7) is 5.46. The van der Waals surface area contributed by atoms with Crippen LogP contribution in [0.5, 0.6) is 0 Å². The average Bonchev–Trinajstić information content (AvgIpc) is 1.84. The number of aliphatic hydroxyl groups is 2. The van der Waals surface area contributed by atoms with E-state index in [1.165, 1.54) is 0 Å². The Morgan fingerprint density at radius 1 is 1.55 bits per heavy atom. The van der Waals surface area contributed by atoms with Gasteiger partial charge in [-0.1, -0.05) is 6.92 Å². The van der Waals surface area contributed by atoms with E-state index >= 15 is 0 Å². The van der Waals surface area contributed by atoms with Crippen LogP contribution in [0.3, 0.4) is 0 Å². The quantitative estimate of drug-likeness (QED) is 0.558. The van der Waals surface area contributed by atoms with Gasteiger partial charge in [0.25, 0.3) is 0 Å². The molecule has 2 nitrogen and oxygen atoms in total. The minimum absolute atomic E-state index is 0.0208. The Morgan fingerprint density at radius 2 is 2.09 bits per heavy atom. The van der Waals surface area contributed by atoms with Crippen LogP contribution in [-0.4, -0.2) is 15.8 Å². The summed E-state index contributed by atoms with van der Waals surface area (Å²) in [5.74, 6) is 0.231. The second-order valence-electron chi connectivity index (χ2n) is 3.36. The van der Waals surface area contributed by atoms with Crippen molar-refractivity contribution in [2.75, 3.05) is 0 Å². The van der Waals surface area contributed by atoms with E-state index in [-0.39, 0.29) is 11.7 Å². The van der Waals surface area contributed by atoms with Gasteiger partial charge in [0.2, 0.25) is 0 Å². The molecule has 62 valence electrons. The van der Waals surface area contributed by atoms with Gasteiger partial charge in [0.15, 0.2) is 0 Å². The molecule has 2 atom stereocenters. The summed E-state index contributed by atoms with van der Waals surface area (Å²) in [6.07, 6.45) is 3.26. The first-order chi connectivity index (χ1) is 4.94. The zero-order valence-corrected chi connectivity index (χ0v) is 7.13. The second kappa shape index (κ2) is 2.38. The molecule has 0 amide bonds. The molecule has 0 spiro atoms. The topological polar surface area (TPSA) is 40.5 Å². The number of hydrogen-bond acceptors (Lipinski definition) is 2. The lowest BCUT2D eigenvalue weighted by molar-refractivity contribution is 0.0576. The van der Waals surface area contributed by atoms with E-state index in [0.29, 0.717) is 0 Å². The third kappa shape index (κ3) is 1.31. The van der Waals surface area contributed by atoms with Crippen LogP contribution >= 0.6 is 0 Å². The van der Waals surface area contributed by atoms with Crippen LogP contribution < -0.4 is 0 Å². The Hall–Kier alpha value is -0.760. The van der Waals surface area contributed by atoms with Crippen LogP contribution in [0.4, 0.5) is 0 Å². The molecular weight excluding hydrogens is 140 g/mol. The Labute approximate surface area is 66.9 Å². The second-order valence-corrected chi connectivity index (χ2v) is 3.36. The molecule has 1 aliphatic carbocycles. The summed E-state index contributed by atoms with van der Waals surface area (Å²) in [6, 6.07) is 0. The van der Waals surface area contributed by atoms with Crippen molar-refractivity contribution in [2.45, 2.75) is 26.4 Å². The van der Waals surface area contributed by atoms with Crippen LogP contribution in [0, 0.1) is 5.92 Å². The largest absolute Gasteiger partial charge is 0.508 e. The molecule has 0 bridgehead atoms. The van der Waals surface area contributed by atoms with Crippen molar-refractivity contribution in [1.29, 1.82) is 0 Å². The fourth-order valence-electron chi connectivity index (χ4n) is 1.19. The van der Waals surface area contributed by atoms with E-state index in [1.807, 2.05) is 13.8 Å². The highest BCUT2D eigenvalue weighted by Crippen LogP contribution is 2.31. The highest BCUT2D eigenvalue weighted by atomic mass is 16.3. The molecule has 0 heterocycles. The van der Waals surface area contributed by atoms with E-state index in [0.717, 1.165) is 5.57 Å². The van der Waals surface area contributed by atoms with E-state index in [2.05, 4.69) is 0 Å². The number of rotatable bonds is 0. The van der Waals surface area contributed by atoms with E-state index in [9.17, 15) is 5.11 Å². The SMILES string of the molecule is CC1=CC(O)=CC(C)C1(C)O. The smallest absolute Gasteiger partial charge is 0.112 e. The van der Waals surface area contributed by atoms with Crippen molar-refractivity contribution in [1.82, 2.24) is 0 Å². The lowest BCUT2D eigenvalue weighted by Gasteiger charge is -2.32. The molecule has 2 unspecified atom stereocenters. The first-order valence-electron chi connectivity index (χ1n) is 3.76. The molecule has 0 aromatic heterocycles. The molecular formula is C9H14O2. The van der Waals surface area contributed by atoms with E-state index in [4.69, 9.17) is 5.11 Å². The first-order valence-corrected chi connectivity index (χ1v) is 3.76. The third-order valence-electron chi connectivity index (χ3n) is 2.47. The van der Waals surface area contributed by atoms with Gasteiger partial charge >= 0.3 is 0 Å². The molecule has 2 heteroatoms. The minimum Gasteiger partial charge on any atom is -0.508 e. The molecule has 0 saturated heterocycles. The Morgan fingerprint density at radius 3 is 2.55 bits per heavy atom. The molecule has 0 aromatic carbocycles. The van der Waals surface area contributed by atoms with Crippen LogP contribution in [0.2, 0.25) is 0 Å².